The van der Waals surface area contributed by atoms with Gasteiger partial charge in [-0.1, -0.05) is 0 Å². The van der Waals surface area contributed by atoms with Crippen LogP contribution in [0.1, 0.15) is 39.5 Å². The van der Waals surface area contributed by atoms with Crippen LogP contribution in [0.15, 0.2) is 0 Å². The van der Waals surface area contributed by atoms with Crippen LogP contribution in [0.5, 0.6) is 0 Å². The molecule has 0 heterocycles. The van der Waals surface area contributed by atoms with Crippen LogP contribution in [-0.2, 0) is 9.59 Å². The predicted octanol–water partition coefficient (Wildman–Crippen LogP) is 1.61. The minimum Gasteiger partial charge on any atom is -0.343 e. The van der Waals surface area contributed by atoms with Gasteiger partial charge in [0.2, 0.25) is 5.91 Å². The summed E-state index contributed by atoms with van der Waals surface area (Å²) in [5.74, 6) is 0.434. The maximum Gasteiger partial charge on any atom is 0.223 e. The minimum absolute atomic E-state index is 0.0168. The van der Waals surface area contributed by atoms with Gasteiger partial charge in [-0.2, -0.15) is 0 Å². The molecule has 0 spiro atoms. The summed E-state index contributed by atoms with van der Waals surface area (Å²) >= 11 is 0. The van der Waals surface area contributed by atoms with E-state index in [1.54, 1.807) is 4.90 Å². The lowest BCUT2D eigenvalue weighted by atomic mass is 10.0. The molecule has 1 amide bonds. The van der Waals surface area contributed by atoms with Crippen molar-refractivity contribution in [2.75, 3.05) is 13.1 Å². The van der Waals surface area contributed by atoms with Crippen molar-refractivity contribution in [2.45, 2.75) is 39.5 Å². The monoisotopic (exact) mass is 197 g/mol. The Labute approximate surface area is 85.5 Å². The second kappa shape index (κ2) is 5.13. The maximum absolute atomic E-state index is 11.7. The molecule has 0 N–H and O–H groups in total. The first-order valence-corrected chi connectivity index (χ1v) is 5.49. The first-order chi connectivity index (χ1) is 6.69. The van der Waals surface area contributed by atoms with Gasteiger partial charge in [-0.15, -0.1) is 0 Å². The molecule has 1 aliphatic rings. The summed E-state index contributed by atoms with van der Waals surface area (Å²) in [7, 11) is 0. The van der Waals surface area contributed by atoms with Gasteiger partial charge in [-0.25, -0.2) is 0 Å². The second-order valence-corrected chi connectivity index (χ2v) is 3.83. The summed E-state index contributed by atoms with van der Waals surface area (Å²) in [5.41, 5.74) is 0. The van der Waals surface area contributed by atoms with Crippen LogP contribution in [0.3, 0.4) is 0 Å². The molecule has 3 nitrogen and oxygen atoms in total. The van der Waals surface area contributed by atoms with E-state index in [0.717, 1.165) is 25.9 Å². The van der Waals surface area contributed by atoms with Crippen molar-refractivity contribution in [3.05, 3.63) is 0 Å². The molecular weight excluding hydrogens is 178 g/mol. The van der Waals surface area contributed by atoms with Gasteiger partial charge in [0.05, 0.1) is 0 Å². The van der Waals surface area contributed by atoms with E-state index in [2.05, 4.69) is 0 Å². The smallest absolute Gasteiger partial charge is 0.223 e. The molecule has 14 heavy (non-hydrogen) atoms. The molecule has 1 unspecified atom stereocenters. The molecule has 1 saturated carbocycles. The van der Waals surface area contributed by atoms with Gasteiger partial charge in [0, 0.05) is 31.8 Å². The van der Waals surface area contributed by atoms with Crippen LogP contribution in [0, 0.1) is 5.92 Å². The summed E-state index contributed by atoms with van der Waals surface area (Å²) in [6.45, 7) is 5.43. The van der Waals surface area contributed by atoms with Crippen molar-refractivity contribution < 1.29 is 9.59 Å². The predicted molar refractivity (Wildman–Crippen MR) is 54.9 cm³/mol. The van der Waals surface area contributed by atoms with Crippen molar-refractivity contribution in [2.24, 2.45) is 5.92 Å². The van der Waals surface area contributed by atoms with E-state index in [-0.39, 0.29) is 17.6 Å². The fraction of sp³-hybridized carbons (Fsp3) is 0.818. The lowest BCUT2D eigenvalue weighted by Gasteiger charge is -2.20. The maximum atomic E-state index is 11.7. The Bertz CT molecular complexity index is 221. The lowest BCUT2D eigenvalue weighted by molar-refractivity contribution is -0.134. The molecule has 0 radical (unpaired) electrons. The normalized spacial score (nSPS) is 21.3. The van der Waals surface area contributed by atoms with Crippen molar-refractivity contribution in [1.29, 1.82) is 0 Å². The number of Topliss-reactive ketones (excluding diaryl/α,β-unsaturated/α-hetero) is 1. The van der Waals surface area contributed by atoms with Gasteiger partial charge in [-0.05, 0) is 26.7 Å². The van der Waals surface area contributed by atoms with Gasteiger partial charge < -0.3 is 4.90 Å². The zero-order valence-corrected chi connectivity index (χ0v) is 9.08. The van der Waals surface area contributed by atoms with Crippen LogP contribution in [-0.4, -0.2) is 29.7 Å². The summed E-state index contributed by atoms with van der Waals surface area (Å²) in [6, 6.07) is 0. The Morgan fingerprint density at radius 1 is 1.43 bits per heavy atom. The highest BCUT2D eigenvalue weighted by Crippen LogP contribution is 2.24. The molecule has 0 aromatic rings. The molecule has 0 aliphatic heterocycles. The Morgan fingerprint density at radius 3 is 2.50 bits per heavy atom. The van der Waals surface area contributed by atoms with Gasteiger partial charge >= 0.3 is 0 Å². The number of amides is 1. The van der Waals surface area contributed by atoms with Crippen LogP contribution in [0.25, 0.3) is 0 Å². The Morgan fingerprint density at radius 2 is 2.07 bits per heavy atom. The van der Waals surface area contributed by atoms with E-state index in [4.69, 9.17) is 0 Å². The van der Waals surface area contributed by atoms with Crippen molar-refractivity contribution >= 4 is 11.7 Å². The fourth-order valence-corrected chi connectivity index (χ4v) is 2.02. The van der Waals surface area contributed by atoms with Crippen LogP contribution in [0.4, 0.5) is 0 Å². The third kappa shape index (κ3) is 2.56. The highest BCUT2D eigenvalue weighted by molar-refractivity contribution is 5.88. The number of ketones is 1. The number of carbonyl (C=O) groups excluding carboxylic acids is 2. The summed E-state index contributed by atoms with van der Waals surface area (Å²) in [5, 5.41) is 0. The number of rotatable bonds is 4. The first-order valence-electron chi connectivity index (χ1n) is 5.49. The number of carbonyl (C=O) groups is 2. The van der Waals surface area contributed by atoms with Crippen molar-refractivity contribution in [1.82, 2.24) is 4.90 Å². The zero-order chi connectivity index (χ0) is 10.6. The summed E-state index contributed by atoms with van der Waals surface area (Å²) < 4.78 is 0. The molecule has 1 fully saturated rings. The molecule has 0 aromatic heterocycles. The van der Waals surface area contributed by atoms with E-state index in [9.17, 15) is 9.59 Å². The van der Waals surface area contributed by atoms with Gasteiger partial charge in [0.25, 0.3) is 0 Å². The second-order valence-electron chi connectivity index (χ2n) is 3.83. The van der Waals surface area contributed by atoms with Crippen LogP contribution < -0.4 is 0 Å². The summed E-state index contributed by atoms with van der Waals surface area (Å²) in [4.78, 5) is 24.8. The third-order valence-corrected chi connectivity index (χ3v) is 2.97. The van der Waals surface area contributed by atoms with Crippen molar-refractivity contribution in [3.63, 3.8) is 0 Å². The Hall–Kier alpha value is -0.860. The molecule has 1 aliphatic carbocycles. The van der Waals surface area contributed by atoms with Gasteiger partial charge in [0.15, 0.2) is 0 Å². The SMILES string of the molecule is CCN(CC)C(=O)CC1CCCC1=O. The molecule has 0 saturated heterocycles. The average molecular weight is 197 g/mol. The van der Waals surface area contributed by atoms with Crippen LogP contribution >= 0.6 is 0 Å². The standard InChI is InChI=1S/C11H19NO2/c1-3-12(4-2)11(14)8-9-6-5-7-10(9)13/h9H,3-8H2,1-2H3. The highest BCUT2D eigenvalue weighted by Gasteiger charge is 2.27. The van der Waals surface area contributed by atoms with Crippen molar-refractivity contribution in [3.8, 4) is 0 Å². The van der Waals surface area contributed by atoms with E-state index in [0.29, 0.717) is 12.8 Å². The molecular formula is C11H19NO2. The van der Waals surface area contributed by atoms with E-state index < -0.39 is 0 Å². The van der Waals surface area contributed by atoms with E-state index in [1.807, 2.05) is 13.8 Å². The topological polar surface area (TPSA) is 37.4 Å². The van der Waals surface area contributed by atoms with Gasteiger partial charge in [0.1, 0.15) is 5.78 Å². The lowest BCUT2D eigenvalue weighted by Crippen LogP contribution is -2.32. The number of hydrogen-bond acceptors (Lipinski definition) is 2. The number of hydrogen-bond donors (Lipinski definition) is 0. The largest absolute Gasteiger partial charge is 0.343 e. The molecule has 0 aromatic carbocycles. The number of nitrogens with zero attached hydrogens (tertiary/aromatic N) is 1. The molecule has 0 bridgehead atoms. The molecule has 80 valence electrons. The first kappa shape index (κ1) is 11.2. The van der Waals surface area contributed by atoms with Gasteiger partial charge in [-0.3, -0.25) is 9.59 Å². The molecule has 3 heteroatoms. The van der Waals surface area contributed by atoms with E-state index >= 15 is 0 Å². The minimum atomic E-state index is 0.0168. The quantitative estimate of drug-likeness (QED) is 0.686. The van der Waals surface area contributed by atoms with E-state index in [1.165, 1.54) is 0 Å². The fourth-order valence-electron chi connectivity index (χ4n) is 2.02. The highest BCUT2D eigenvalue weighted by atomic mass is 16.2. The Balaban J connectivity index is 2.43. The van der Waals surface area contributed by atoms with Crippen LogP contribution in [0.2, 0.25) is 0 Å². The Kier molecular flexibility index (Phi) is 4.11. The zero-order valence-electron chi connectivity index (χ0n) is 9.08. The summed E-state index contributed by atoms with van der Waals surface area (Å²) in [6.07, 6.45) is 2.98. The third-order valence-electron chi connectivity index (χ3n) is 2.97. The molecule has 1 atom stereocenters. The average Bonchev–Trinajstić information content (AvgIpc) is 2.54. The molecule has 1 rings (SSSR count).